The van der Waals surface area contributed by atoms with Gasteiger partial charge in [-0.2, -0.15) is 0 Å². The summed E-state index contributed by atoms with van der Waals surface area (Å²) in [6.45, 7) is 2.31. The lowest BCUT2D eigenvalue weighted by Gasteiger charge is -2.10. The van der Waals surface area contributed by atoms with E-state index in [-0.39, 0.29) is 0 Å². The van der Waals surface area contributed by atoms with E-state index >= 15 is 0 Å². The molecule has 0 radical (unpaired) electrons. The largest absolute Gasteiger partial charge is 0.282 e. The summed E-state index contributed by atoms with van der Waals surface area (Å²) < 4.78 is 2.32. The average Bonchev–Trinajstić information content (AvgIpc) is 2.42. The van der Waals surface area contributed by atoms with Gasteiger partial charge in [-0.3, -0.25) is 4.58 Å². The van der Waals surface area contributed by atoms with E-state index in [1.54, 1.807) is 11.8 Å². The summed E-state index contributed by atoms with van der Waals surface area (Å²) in [5.41, 5.74) is 1.20. The normalized spacial score (nSPS) is 17.0. The summed E-state index contributed by atoms with van der Waals surface area (Å²) in [6, 6.07) is 10.4. The van der Waals surface area contributed by atoms with Gasteiger partial charge >= 0.3 is 0 Å². The van der Waals surface area contributed by atoms with Crippen LogP contribution in [-0.2, 0) is 0 Å². The van der Waals surface area contributed by atoms with E-state index < -0.39 is 0 Å². The predicted molar refractivity (Wildman–Crippen MR) is 76.4 cm³/mol. The van der Waals surface area contributed by atoms with E-state index in [4.69, 9.17) is 0 Å². The zero-order valence-electron chi connectivity index (χ0n) is 10.3. The molecule has 0 spiro atoms. The maximum Gasteiger partial charge on any atom is 0.282 e. The summed E-state index contributed by atoms with van der Waals surface area (Å²) in [5.74, 6) is 0. The molecule has 0 aliphatic carbocycles. The molecular weight excluding hydrogens is 228 g/mol. The molecule has 1 aromatic carbocycles. The molecule has 0 N–H and O–H groups in total. The van der Waals surface area contributed by atoms with Crippen LogP contribution in [0.3, 0.4) is 0 Å². The summed E-state index contributed by atoms with van der Waals surface area (Å²) in [6.07, 6.45) is 8.05. The molecule has 0 bridgehead atoms. The van der Waals surface area contributed by atoms with Crippen molar-refractivity contribution < 1.29 is 4.58 Å². The van der Waals surface area contributed by atoms with Crippen LogP contribution >= 0.6 is 11.8 Å². The van der Waals surface area contributed by atoms with Crippen molar-refractivity contribution in [2.24, 2.45) is 4.99 Å². The van der Waals surface area contributed by atoms with Gasteiger partial charge in [0.25, 0.3) is 6.34 Å². The van der Waals surface area contributed by atoms with Crippen molar-refractivity contribution >= 4 is 23.1 Å². The first-order chi connectivity index (χ1) is 8.40. The number of rotatable bonds is 2. The summed E-state index contributed by atoms with van der Waals surface area (Å²) in [7, 11) is 0. The number of aliphatic imine (C=N–C) groups is 1. The van der Waals surface area contributed by atoms with Crippen LogP contribution < -0.4 is 0 Å². The third kappa shape index (κ3) is 3.70. The Bertz CT molecular complexity index is 401. The molecule has 17 heavy (non-hydrogen) atoms. The fourth-order valence-corrected chi connectivity index (χ4v) is 2.52. The topological polar surface area (TPSA) is 15.4 Å². The molecule has 0 amide bonds. The first-order valence-electron chi connectivity index (χ1n) is 6.15. The number of hydrogen-bond acceptors (Lipinski definition) is 1. The van der Waals surface area contributed by atoms with E-state index in [0.717, 1.165) is 18.1 Å². The van der Waals surface area contributed by atoms with Crippen molar-refractivity contribution in [3.8, 4) is 0 Å². The van der Waals surface area contributed by atoms with Crippen LogP contribution in [0.5, 0.6) is 0 Å². The second kappa shape index (κ2) is 6.60. The minimum atomic E-state index is 1.09. The van der Waals surface area contributed by atoms with Gasteiger partial charge in [0.1, 0.15) is 0 Å². The van der Waals surface area contributed by atoms with Gasteiger partial charge in [-0.1, -0.05) is 30.0 Å². The molecule has 1 aromatic rings. The zero-order chi connectivity index (χ0) is 11.9. The maximum absolute atomic E-state index is 4.62. The van der Waals surface area contributed by atoms with Gasteiger partial charge in [0.05, 0.1) is 13.1 Å². The summed E-state index contributed by atoms with van der Waals surface area (Å²) in [4.78, 5) is 4.62. The third-order valence-corrected chi connectivity index (χ3v) is 3.67. The Morgan fingerprint density at radius 2 is 1.88 bits per heavy atom. The third-order valence-electron chi connectivity index (χ3n) is 2.94. The SMILES string of the molecule is CSC(=NC=[N+]1CCCCC1)c1ccccc1. The maximum atomic E-state index is 4.62. The van der Waals surface area contributed by atoms with Crippen molar-refractivity contribution in [2.75, 3.05) is 19.3 Å². The van der Waals surface area contributed by atoms with Gasteiger partial charge in [-0.15, -0.1) is 0 Å². The fourth-order valence-electron chi connectivity index (χ4n) is 1.99. The van der Waals surface area contributed by atoms with E-state index in [2.05, 4.69) is 40.1 Å². The number of hydrogen-bond donors (Lipinski definition) is 0. The number of thioether (sulfide) groups is 1. The number of piperidine rings is 1. The summed E-state index contributed by atoms with van der Waals surface area (Å²) >= 11 is 1.70. The molecule has 1 aliphatic heterocycles. The highest BCUT2D eigenvalue weighted by Crippen LogP contribution is 2.10. The Labute approximate surface area is 107 Å². The highest BCUT2D eigenvalue weighted by molar-refractivity contribution is 8.13. The Hall–Kier alpha value is -1.09. The summed E-state index contributed by atoms with van der Waals surface area (Å²) in [5, 5.41) is 1.09. The first-order valence-corrected chi connectivity index (χ1v) is 7.37. The highest BCUT2D eigenvalue weighted by Gasteiger charge is 2.09. The highest BCUT2D eigenvalue weighted by atomic mass is 32.2. The van der Waals surface area contributed by atoms with Crippen LogP contribution in [0.4, 0.5) is 0 Å². The lowest BCUT2D eigenvalue weighted by molar-refractivity contribution is -0.533. The quantitative estimate of drug-likeness (QED) is 0.445. The molecule has 1 fully saturated rings. The monoisotopic (exact) mass is 247 g/mol. The lowest BCUT2D eigenvalue weighted by atomic mass is 10.2. The molecule has 3 heteroatoms. The van der Waals surface area contributed by atoms with Crippen molar-refractivity contribution in [1.29, 1.82) is 0 Å². The minimum Gasteiger partial charge on any atom is -0.265 e. The van der Waals surface area contributed by atoms with Gasteiger partial charge in [-0.05, 0) is 42.6 Å². The van der Waals surface area contributed by atoms with E-state index in [9.17, 15) is 0 Å². The Morgan fingerprint density at radius 1 is 1.18 bits per heavy atom. The van der Waals surface area contributed by atoms with E-state index in [1.807, 2.05) is 12.4 Å². The molecule has 0 aromatic heterocycles. The van der Waals surface area contributed by atoms with E-state index in [1.165, 1.54) is 24.8 Å². The van der Waals surface area contributed by atoms with Crippen LogP contribution in [0.15, 0.2) is 35.3 Å². The van der Waals surface area contributed by atoms with Crippen LogP contribution in [0, 0.1) is 0 Å². The molecule has 0 unspecified atom stereocenters. The molecule has 2 nitrogen and oxygen atoms in total. The molecular formula is C14H19N2S+. The van der Waals surface area contributed by atoms with Crippen LogP contribution in [0.1, 0.15) is 24.8 Å². The van der Waals surface area contributed by atoms with Crippen LogP contribution in [0.25, 0.3) is 0 Å². The fraction of sp³-hybridized carbons (Fsp3) is 0.429. The smallest absolute Gasteiger partial charge is 0.265 e. The van der Waals surface area contributed by atoms with Crippen molar-refractivity contribution in [3.05, 3.63) is 35.9 Å². The molecule has 1 saturated heterocycles. The molecule has 1 heterocycles. The molecule has 1 aliphatic rings. The Kier molecular flexibility index (Phi) is 4.80. The van der Waals surface area contributed by atoms with E-state index in [0.29, 0.717) is 0 Å². The molecule has 90 valence electrons. The Morgan fingerprint density at radius 3 is 2.53 bits per heavy atom. The standard InChI is InChI=1S/C14H19N2S/c1-17-14(13-8-4-2-5-9-13)15-12-16-10-6-3-7-11-16/h2,4-5,8-9,12H,3,6-7,10-11H2,1H3/q+1. The van der Waals surface area contributed by atoms with Crippen molar-refractivity contribution in [3.63, 3.8) is 0 Å². The molecule has 0 saturated carbocycles. The average molecular weight is 247 g/mol. The Balaban J connectivity index is 2.12. The first kappa shape index (κ1) is 12.4. The zero-order valence-corrected chi connectivity index (χ0v) is 11.1. The van der Waals surface area contributed by atoms with Gasteiger partial charge in [-0.25, -0.2) is 0 Å². The second-order valence-corrected chi connectivity index (χ2v) is 5.01. The van der Waals surface area contributed by atoms with Crippen LogP contribution in [0.2, 0.25) is 0 Å². The predicted octanol–water partition coefficient (Wildman–Crippen LogP) is 3.02. The second-order valence-electron chi connectivity index (χ2n) is 4.22. The van der Waals surface area contributed by atoms with Crippen molar-refractivity contribution in [2.45, 2.75) is 19.3 Å². The van der Waals surface area contributed by atoms with Gasteiger partial charge in [0.2, 0.25) is 5.04 Å². The lowest BCUT2D eigenvalue weighted by Crippen LogP contribution is -2.20. The minimum absolute atomic E-state index is 1.09. The van der Waals surface area contributed by atoms with Gasteiger partial charge < -0.3 is 0 Å². The van der Waals surface area contributed by atoms with Crippen LogP contribution in [-0.4, -0.2) is 35.3 Å². The van der Waals surface area contributed by atoms with Gasteiger partial charge in [0.15, 0.2) is 0 Å². The van der Waals surface area contributed by atoms with Crippen molar-refractivity contribution in [1.82, 2.24) is 0 Å². The molecule has 2 rings (SSSR count). The van der Waals surface area contributed by atoms with Gasteiger partial charge in [0, 0.05) is 5.56 Å². The molecule has 0 atom stereocenters. The number of benzene rings is 1. The number of nitrogens with zero attached hydrogens (tertiary/aromatic N) is 2.